The summed E-state index contributed by atoms with van der Waals surface area (Å²) < 4.78 is 0. The zero-order valence-electron chi connectivity index (χ0n) is 10.3. The van der Waals surface area contributed by atoms with E-state index in [1.165, 1.54) is 24.0 Å². The summed E-state index contributed by atoms with van der Waals surface area (Å²) >= 11 is 1.93. The van der Waals surface area contributed by atoms with Crippen LogP contribution in [-0.2, 0) is 6.54 Å². The molecular formula is C15H21NS. The van der Waals surface area contributed by atoms with Gasteiger partial charge < -0.3 is 5.32 Å². The van der Waals surface area contributed by atoms with E-state index in [9.17, 15) is 0 Å². The Balaban J connectivity index is 1.67. The van der Waals surface area contributed by atoms with Gasteiger partial charge >= 0.3 is 0 Å². The molecule has 0 radical (unpaired) electrons. The molecule has 1 saturated carbocycles. The third-order valence-electron chi connectivity index (χ3n) is 2.99. The summed E-state index contributed by atoms with van der Waals surface area (Å²) in [6.07, 6.45) is 4.73. The molecule has 1 aliphatic rings. The van der Waals surface area contributed by atoms with E-state index >= 15 is 0 Å². The molecule has 1 aromatic carbocycles. The third-order valence-corrected chi connectivity index (χ3v) is 3.95. The fraction of sp³-hybridized carbons (Fsp3) is 0.467. The lowest BCUT2D eigenvalue weighted by atomic mass is 10.1. The van der Waals surface area contributed by atoms with E-state index in [2.05, 4.69) is 36.2 Å². The van der Waals surface area contributed by atoms with Gasteiger partial charge in [0.25, 0.3) is 0 Å². The second kappa shape index (κ2) is 6.87. The minimum Gasteiger partial charge on any atom is -0.312 e. The van der Waals surface area contributed by atoms with E-state index < -0.39 is 0 Å². The number of hydrogen-bond donors (Lipinski definition) is 1. The van der Waals surface area contributed by atoms with Gasteiger partial charge in [0.15, 0.2) is 0 Å². The normalized spacial score (nSPS) is 14.8. The van der Waals surface area contributed by atoms with Crippen LogP contribution in [-0.4, -0.2) is 18.1 Å². The maximum Gasteiger partial charge on any atom is 0.0205 e. The van der Waals surface area contributed by atoms with Crippen molar-refractivity contribution in [1.82, 2.24) is 5.32 Å². The first kappa shape index (κ1) is 12.7. The zero-order valence-corrected chi connectivity index (χ0v) is 11.1. The average molecular weight is 247 g/mol. The summed E-state index contributed by atoms with van der Waals surface area (Å²) in [6.45, 7) is 5.79. The van der Waals surface area contributed by atoms with E-state index in [4.69, 9.17) is 0 Å². The first-order valence-electron chi connectivity index (χ1n) is 6.38. The smallest absolute Gasteiger partial charge is 0.0205 e. The molecule has 17 heavy (non-hydrogen) atoms. The van der Waals surface area contributed by atoms with Gasteiger partial charge in [-0.25, -0.2) is 0 Å². The Morgan fingerprint density at radius 3 is 3.06 bits per heavy atom. The summed E-state index contributed by atoms with van der Waals surface area (Å²) in [4.78, 5) is 0. The van der Waals surface area contributed by atoms with Crippen molar-refractivity contribution in [2.75, 3.05) is 18.1 Å². The number of rotatable bonds is 8. The van der Waals surface area contributed by atoms with Gasteiger partial charge in [-0.05, 0) is 29.9 Å². The van der Waals surface area contributed by atoms with Gasteiger partial charge in [-0.15, -0.1) is 6.58 Å². The molecular weight excluding hydrogens is 226 g/mol. The maximum atomic E-state index is 3.72. The fourth-order valence-corrected chi connectivity index (χ4v) is 2.54. The monoisotopic (exact) mass is 247 g/mol. The van der Waals surface area contributed by atoms with E-state index in [-0.39, 0.29) is 0 Å². The average Bonchev–Trinajstić information content (AvgIpc) is 3.18. The van der Waals surface area contributed by atoms with Gasteiger partial charge in [-0.2, -0.15) is 11.8 Å². The minimum absolute atomic E-state index is 0.859. The Hall–Kier alpha value is -0.730. The van der Waals surface area contributed by atoms with Crippen LogP contribution in [0.4, 0.5) is 0 Å². The van der Waals surface area contributed by atoms with Crippen LogP contribution in [0, 0.1) is 0 Å². The lowest BCUT2D eigenvalue weighted by Crippen LogP contribution is -2.16. The highest BCUT2D eigenvalue weighted by molar-refractivity contribution is 7.99. The van der Waals surface area contributed by atoms with Crippen molar-refractivity contribution in [3.05, 3.63) is 48.0 Å². The second-order valence-corrected chi connectivity index (χ2v) is 5.71. The number of thioether (sulfide) groups is 1. The summed E-state index contributed by atoms with van der Waals surface area (Å²) in [5, 5.41) is 3.49. The molecule has 2 heteroatoms. The van der Waals surface area contributed by atoms with Crippen LogP contribution < -0.4 is 5.32 Å². The summed E-state index contributed by atoms with van der Waals surface area (Å²) in [6, 6.07) is 9.04. The number of benzene rings is 1. The predicted octanol–water partition coefficient (Wildman–Crippen LogP) is 3.57. The van der Waals surface area contributed by atoms with E-state index in [0.29, 0.717) is 0 Å². The topological polar surface area (TPSA) is 12.0 Å². The van der Waals surface area contributed by atoms with Gasteiger partial charge in [0, 0.05) is 24.6 Å². The molecule has 1 fully saturated rings. The zero-order chi connectivity index (χ0) is 11.9. The number of hydrogen-bond acceptors (Lipinski definition) is 2. The van der Waals surface area contributed by atoms with Crippen LogP contribution in [0.3, 0.4) is 0 Å². The van der Waals surface area contributed by atoms with Crippen molar-refractivity contribution in [2.24, 2.45) is 0 Å². The lowest BCUT2D eigenvalue weighted by Gasteiger charge is -2.06. The van der Waals surface area contributed by atoms with Gasteiger partial charge in [-0.3, -0.25) is 0 Å². The Morgan fingerprint density at radius 1 is 1.41 bits per heavy atom. The Kier molecular flexibility index (Phi) is 5.14. The summed E-state index contributed by atoms with van der Waals surface area (Å²) in [7, 11) is 0. The third kappa shape index (κ3) is 4.57. The quantitative estimate of drug-likeness (QED) is 0.557. The van der Waals surface area contributed by atoms with Crippen molar-refractivity contribution in [3.63, 3.8) is 0 Å². The molecule has 1 N–H and O–H groups in total. The molecule has 0 unspecified atom stereocenters. The molecule has 92 valence electrons. The molecule has 0 saturated heterocycles. The van der Waals surface area contributed by atoms with Crippen molar-refractivity contribution in [1.29, 1.82) is 0 Å². The highest BCUT2D eigenvalue weighted by Crippen LogP contribution is 2.40. The molecule has 1 aliphatic carbocycles. The maximum absolute atomic E-state index is 3.72. The Bertz CT molecular complexity index is 358. The van der Waals surface area contributed by atoms with Crippen LogP contribution in [0.15, 0.2) is 36.9 Å². The number of nitrogens with one attached hydrogen (secondary N) is 1. The highest BCUT2D eigenvalue weighted by Gasteiger charge is 2.23. The van der Waals surface area contributed by atoms with Crippen molar-refractivity contribution < 1.29 is 0 Å². The molecule has 0 heterocycles. The van der Waals surface area contributed by atoms with Crippen molar-refractivity contribution in [2.45, 2.75) is 25.3 Å². The molecule has 0 spiro atoms. The van der Waals surface area contributed by atoms with Crippen molar-refractivity contribution >= 4 is 11.8 Å². The minimum atomic E-state index is 0.859. The SMILES string of the molecule is C=CCSCCNCc1cccc(C2CC2)c1. The van der Waals surface area contributed by atoms with Crippen LogP contribution in [0.2, 0.25) is 0 Å². The van der Waals surface area contributed by atoms with Crippen LogP contribution in [0.5, 0.6) is 0 Å². The fourth-order valence-electron chi connectivity index (χ4n) is 1.92. The molecule has 0 amide bonds. The van der Waals surface area contributed by atoms with Gasteiger partial charge in [-0.1, -0.05) is 30.3 Å². The van der Waals surface area contributed by atoms with E-state index in [1.54, 1.807) is 0 Å². The van der Waals surface area contributed by atoms with E-state index in [0.717, 1.165) is 30.5 Å². The largest absolute Gasteiger partial charge is 0.312 e. The molecule has 1 aromatic rings. The summed E-state index contributed by atoms with van der Waals surface area (Å²) in [5.41, 5.74) is 2.95. The second-order valence-electron chi connectivity index (χ2n) is 4.56. The lowest BCUT2D eigenvalue weighted by molar-refractivity contribution is 0.731. The summed E-state index contributed by atoms with van der Waals surface area (Å²) in [5.74, 6) is 3.07. The van der Waals surface area contributed by atoms with E-state index in [1.807, 2.05) is 17.8 Å². The van der Waals surface area contributed by atoms with Gasteiger partial charge in [0.2, 0.25) is 0 Å². The molecule has 0 bridgehead atoms. The molecule has 0 atom stereocenters. The highest BCUT2D eigenvalue weighted by atomic mass is 32.2. The molecule has 0 aromatic heterocycles. The molecule has 0 aliphatic heterocycles. The van der Waals surface area contributed by atoms with Gasteiger partial charge in [0.1, 0.15) is 0 Å². The van der Waals surface area contributed by atoms with Crippen LogP contribution in [0.1, 0.15) is 29.9 Å². The van der Waals surface area contributed by atoms with Crippen LogP contribution >= 0.6 is 11.8 Å². The first-order chi connectivity index (χ1) is 8.40. The Morgan fingerprint density at radius 2 is 2.29 bits per heavy atom. The van der Waals surface area contributed by atoms with Crippen LogP contribution in [0.25, 0.3) is 0 Å². The predicted molar refractivity (Wildman–Crippen MR) is 77.6 cm³/mol. The molecule has 1 nitrogen and oxygen atoms in total. The first-order valence-corrected chi connectivity index (χ1v) is 7.54. The van der Waals surface area contributed by atoms with Crippen molar-refractivity contribution in [3.8, 4) is 0 Å². The van der Waals surface area contributed by atoms with Gasteiger partial charge in [0.05, 0.1) is 0 Å². The standard InChI is InChI=1S/C15H21NS/c1-2-9-17-10-8-16-12-13-4-3-5-15(11-13)14-6-7-14/h2-5,11,14,16H,1,6-10,12H2. The Labute approximate surface area is 109 Å². The molecule has 2 rings (SSSR count).